The Bertz CT molecular complexity index is 410. The summed E-state index contributed by atoms with van der Waals surface area (Å²) in [5.74, 6) is 2.35. The lowest BCUT2D eigenvalue weighted by atomic mass is 10.2. The molecule has 0 fully saturated rings. The lowest BCUT2D eigenvalue weighted by Crippen LogP contribution is -2.21. The highest BCUT2D eigenvalue weighted by Crippen LogP contribution is 2.23. The Morgan fingerprint density at radius 3 is 2.55 bits per heavy atom. The van der Waals surface area contributed by atoms with E-state index in [-0.39, 0.29) is 6.10 Å². The standard InChI is InChI=1S/C15H27N3O2/c1-6-9-13-17-14(16-7-2)12(5)15(18-13)20-11(4)10-19-8-3/h11H,6-10H2,1-5H3,(H,16,17,18). The number of nitrogens with one attached hydrogen (secondary N) is 1. The number of nitrogens with zero attached hydrogens (tertiary/aromatic N) is 2. The largest absolute Gasteiger partial charge is 0.472 e. The van der Waals surface area contributed by atoms with Crippen molar-refractivity contribution >= 4 is 5.82 Å². The Kier molecular flexibility index (Phi) is 7.30. The van der Waals surface area contributed by atoms with E-state index < -0.39 is 0 Å². The fourth-order valence-electron chi connectivity index (χ4n) is 1.84. The van der Waals surface area contributed by atoms with Crippen molar-refractivity contribution in [1.29, 1.82) is 0 Å². The minimum atomic E-state index is -0.0208. The van der Waals surface area contributed by atoms with E-state index in [0.717, 1.165) is 36.6 Å². The molecule has 114 valence electrons. The van der Waals surface area contributed by atoms with Crippen molar-refractivity contribution in [3.63, 3.8) is 0 Å². The van der Waals surface area contributed by atoms with Gasteiger partial charge in [-0.15, -0.1) is 0 Å². The molecule has 0 aliphatic heterocycles. The monoisotopic (exact) mass is 281 g/mol. The van der Waals surface area contributed by atoms with Gasteiger partial charge < -0.3 is 14.8 Å². The second-order valence-electron chi connectivity index (χ2n) is 4.79. The maximum Gasteiger partial charge on any atom is 0.222 e. The van der Waals surface area contributed by atoms with Crippen LogP contribution in [0.2, 0.25) is 0 Å². The van der Waals surface area contributed by atoms with Crippen molar-refractivity contribution in [2.24, 2.45) is 0 Å². The predicted molar refractivity (Wildman–Crippen MR) is 81.5 cm³/mol. The normalized spacial score (nSPS) is 12.2. The van der Waals surface area contributed by atoms with Gasteiger partial charge in [-0.2, -0.15) is 4.98 Å². The SMILES string of the molecule is CCCc1nc(NCC)c(C)c(OC(C)COCC)n1. The van der Waals surface area contributed by atoms with Gasteiger partial charge in [0.05, 0.1) is 12.2 Å². The number of hydrogen-bond acceptors (Lipinski definition) is 5. The average Bonchev–Trinajstić information content (AvgIpc) is 2.42. The number of aromatic nitrogens is 2. The molecule has 20 heavy (non-hydrogen) atoms. The van der Waals surface area contributed by atoms with Gasteiger partial charge >= 0.3 is 0 Å². The summed E-state index contributed by atoms with van der Waals surface area (Å²) in [4.78, 5) is 9.07. The molecule has 0 saturated carbocycles. The first-order valence-corrected chi connectivity index (χ1v) is 7.48. The second kappa shape index (κ2) is 8.74. The lowest BCUT2D eigenvalue weighted by Gasteiger charge is -2.18. The van der Waals surface area contributed by atoms with Gasteiger partial charge in [-0.05, 0) is 34.1 Å². The van der Waals surface area contributed by atoms with E-state index in [1.54, 1.807) is 0 Å². The Morgan fingerprint density at radius 1 is 1.20 bits per heavy atom. The number of rotatable bonds is 9. The van der Waals surface area contributed by atoms with Crippen LogP contribution in [0.15, 0.2) is 0 Å². The first kappa shape index (κ1) is 16.7. The van der Waals surface area contributed by atoms with Crippen molar-refractivity contribution in [2.45, 2.75) is 53.6 Å². The topological polar surface area (TPSA) is 56.3 Å². The lowest BCUT2D eigenvalue weighted by molar-refractivity contribution is 0.0628. The van der Waals surface area contributed by atoms with Crippen LogP contribution in [0.4, 0.5) is 5.82 Å². The van der Waals surface area contributed by atoms with Crippen LogP contribution in [0, 0.1) is 6.92 Å². The predicted octanol–water partition coefficient (Wildman–Crippen LogP) is 2.97. The quantitative estimate of drug-likeness (QED) is 0.754. The smallest absolute Gasteiger partial charge is 0.222 e. The van der Waals surface area contributed by atoms with Gasteiger partial charge in [0.15, 0.2) is 0 Å². The van der Waals surface area contributed by atoms with Crippen LogP contribution < -0.4 is 10.1 Å². The van der Waals surface area contributed by atoms with Crippen molar-refractivity contribution in [1.82, 2.24) is 9.97 Å². The summed E-state index contributed by atoms with van der Waals surface area (Å²) in [7, 11) is 0. The van der Waals surface area contributed by atoms with Gasteiger partial charge in [-0.3, -0.25) is 0 Å². The van der Waals surface area contributed by atoms with Crippen LogP contribution in [-0.2, 0) is 11.2 Å². The van der Waals surface area contributed by atoms with Crippen LogP contribution >= 0.6 is 0 Å². The van der Waals surface area contributed by atoms with Crippen molar-refractivity contribution in [3.05, 3.63) is 11.4 Å². The van der Waals surface area contributed by atoms with Crippen LogP contribution in [0.5, 0.6) is 5.88 Å². The molecule has 0 amide bonds. The molecule has 0 spiro atoms. The third-order valence-electron chi connectivity index (χ3n) is 2.83. The molecule has 5 heteroatoms. The van der Waals surface area contributed by atoms with Crippen LogP contribution in [0.3, 0.4) is 0 Å². The van der Waals surface area contributed by atoms with E-state index in [2.05, 4.69) is 29.1 Å². The molecule has 0 radical (unpaired) electrons. The molecule has 0 saturated heterocycles. The van der Waals surface area contributed by atoms with E-state index in [9.17, 15) is 0 Å². The van der Waals surface area contributed by atoms with E-state index >= 15 is 0 Å². The number of aryl methyl sites for hydroxylation is 1. The summed E-state index contributed by atoms with van der Waals surface area (Å²) in [6.45, 7) is 12.2. The first-order chi connectivity index (χ1) is 9.62. The Morgan fingerprint density at radius 2 is 1.95 bits per heavy atom. The van der Waals surface area contributed by atoms with Crippen molar-refractivity contribution in [2.75, 3.05) is 25.1 Å². The minimum Gasteiger partial charge on any atom is -0.472 e. The summed E-state index contributed by atoms with van der Waals surface area (Å²) in [5, 5.41) is 3.27. The van der Waals surface area contributed by atoms with E-state index in [4.69, 9.17) is 9.47 Å². The van der Waals surface area contributed by atoms with Gasteiger partial charge in [0.25, 0.3) is 0 Å². The van der Waals surface area contributed by atoms with E-state index in [0.29, 0.717) is 19.1 Å². The zero-order valence-electron chi connectivity index (χ0n) is 13.3. The fourth-order valence-corrected chi connectivity index (χ4v) is 1.84. The molecule has 1 aromatic heterocycles. The van der Waals surface area contributed by atoms with Crippen LogP contribution in [-0.4, -0.2) is 35.8 Å². The van der Waals surface area contributed by atoms with Gasteiger partial charge in [0.2, 0.25) is 5.88 Å². The highest BCUT2D eigenvalue weighted by molar-refractivity contribution is 5.48. The van der Waals surface area contributed by atoms with Gasteiger partial charge in [-0.25, -0.2) is 4.98 Å². The van der Waals surface area contributed by atoms with Crippen LogP contribution in [0.1, 0.15) is 45.5 Å². The molecule has 1 unspecified atom stereocenters. The Hall–Kier alpha value is -1.36. The molecule has 1 N–H and O–H groups in total. The fraction of sp³-hybridized carbons (Fsp3) is 0.733. The first-order valence-electron chi connectivity index (χ1n) is 7.48. The zero-order chi connectivity index (χ0) is 15.0. The summed E-state index contributed by atoms with van der Waals surface area (Å²) < 4.78 is 11.3. The molecule has 0 bridgehead atoms. The molecular formula is C15H27N3O2. The third-order valence-corrected chi connectivity index (χ3v) is 2.83. The molecule has 1 aromatic rings. The number of ether oxygens (including phenoxy) is 2. The Balaban J connectivity index is 2.91. The molecule has 0 aliphatic carbocycles. The summed E-state index contributed by atoms with van der Waals surface area (Å²) >= 11 is 0. The van der Waals surface area contributed by atoms with Crippen molar-refractivity contribution in [3.8, 4) is 5.88 Å². The number of hydrogen-bond donors (Lipinski definition) is 1. The summed E-state index contributed by atoms with van der Waals surface area (Å²) in [6.07, 6.45) is 1.85. The summed E-state index contributed by atoms with van der Waals surface area (Å²) in [5.41, 5.74) is 0.954. The molecule has 0 aliphatic rings. The molecule has 1 atom stereocenters. The molecule has 5 nitrogen and oxygen atoms in total. The molecule has 0 aromatic carbocycles. The maximum absolute atomic E-state index is 5.91. The second-order valence-corrected chi connectivity index (χ2v) is 4.79. The van der Waals surface area contributed by atoms with Gasteiger partial charge in [0.1, 0.15) is 17.7 Å². The Labute approximate surface area is 122 Å². The molecule has 1 rings (SSSR count). The number of anilines is 1. The highest BCUT2D eigenvalue weighted by atomic mass is 16.5. The average molecular weight is 281 g/mol. The zero-order valence-corrected chi connectivity index (χ0v) is 13.3. The third kappa shape index (κ3) is 4.96. The highest BCUT2D eigenvalue weighted by Gasteiger charge is 2.14. The van der Waals surface area contributed by atoms with Crippen LogP contribution in [0.25, 0.3) is 0 Å². The maximum atomic E-state index is 5.91. The van der Waals surface area contributed by atoms with Gasteiger partial charge in [0, 0.05) is 19.6 Å². The minimum absolute atomic E-state index is 0.0208. The van der Waals surface area contributed by atoms with E-state index in [1.807, 2.05) is 20.8 Å². The van der Waals surface area contributed by atoms with Gasteiger partial charge in [-0.1, -0.05) is 6.92 Å². The summed E-state index contributed by atoms with van der Waals surface area (Å²) in [6, 6.07) is 0. The molecule has 1 heterocycles. The van der Waals surface area contributed by atoms with E-state index in [1.165, 1.54) is 0 Å². The van der Waals surface area contributed by atoms with Crippen molar-refractivity contribution < 1.29 is 9.47 Å². The molecular weight excluding hydrogens is 254 g/mol.